The minimum absolute atomic E-state index is 0.0310. The van der Waals surface area contributed by atoms with Crippen molar-refractivity contribution in [2.45, 2.75) is 31.0 Å². The van der Waals surface area contributed by atoms with Crippen LogP contribution in [0.25, 0.3) is 10.2 Å². The number of hydrogen-bond donors (Lipinski definition) is 0. The molecule has 0 fully saturated rings. The quantitative estimate of drug-likeness (QED) is 0.253. The molecule has 2 aromatic heterocycles. The molecule has 0 unspecified atom stereocenters. The fourth-order valence-corrected chi connectivity index (χ4v) is 5.74. The number of thioether (sulfide) groups is 1. The smallest absolute Gasteiger partial charge is 0.263 e. The molecule has 1 aromatic carbocycles. The van der Waals surface area contributed by atoms with Gasteiger partial charge < -0.3 is 4.74 Å². The molecule has 7 heteroatoms. The maximum atomic E-state index is 13.1. The summed E-state index contributed by atoms with van der Waals surface area (Å²) in [5.74, 6) is 0.672. The Hall–Kier alpha value is -2.38. The van der Waals surface area contributed by atoms with Crippen LogP contribution < -0.4 is 10.3 Å². The van der Waals surface area contributed by atoms with Crippen molar-refractivity contribution in [1.29, 1.82) is 0 Å². The molecule has 0 aliphatic heterocycles. The summed E-state index contributed by atoms with van der Waals surface area (Å²) < 4.78 is 6.91. The number of rotatable bonds is 7. The van der Waals surface area contributed by atoms with E-state index in [9.17, 15) is 9.59 Å². The van der Waals surface area contributed by atoms with Crippen molar-refractivity contribution in [2.24, 2.45) is 0 Å². The molecule has 2 heterocycles. The number of carbonyl (C=O) groups excluding carboxylic acids is 1. The zero-order chi connectivity index (χ0) is 19.7. The molecule has 144 valence electrons. The van der Waals surface area contributed by atoms with Crippen LogP contribution >= 0.6 is 23.1 Å². The Balaban J connectivity index is 1.68. The first-order valence-corrected chi connectivity index (χ1v) is 10.9. The number of fused-ring (bicyclic) bond motifs is 3. The van der Waals surface area contributed by atoms with Crippen LogP contribution in [0.1, 0.15) is 27.2 Å². The van der Waals surface area contributed by atoms with E-state index in [1.807, 2.05) is 12.1 Å². The van der Waals surface area contributed by atoms with Crippen LogP contribution in [0.15, 0.2) is 46.9 Å². The zero-order valence-corrected chi connectivity index (χ0v) is 17.2. The summed E-state index contributed by atoms with van der Waals surface area (Å²) in [5, 5.41) is 1.31. The molecule has 0 atom stereocenters. The van der Waals surface area contributed by atoms with E-state index in [-0.39, 0.29) is 17.1 Å². The molecule has 0 saturated carbocycles. The molecule has 4 rings (SSSR count). The predicted octanol–water partition coefficient (Wildman–Crippen LogP) is 4.12. The Morgan fingerprint density at radius 1 is 1.39 bits per heavy atom. The van der Waals surface area contributed by atoms with Gasteiger partial charge in [0, 0.05) is 11.4 Å². The zero-order valence-electron chi connectivity index (χ0n) is 15.6. The Morgan fingerprint density at radius 2 is 2.21 bits per heavy atom. The molecular formula is C21H20N2O3S2. The third-order valence-corrected chi connectivity index (χ3v) is 7.00. The number of hydrogen-bond acceptors (Lipinski definition) is 6. The molecule has 0 spiro atoms. The highest BCUT2D eigenvalue weighted by Crippen LogP contribution is 2.35. The largest absolute Gasteiger partial charge is 0.496 e. The number of Topliss-reactive ketones (excluding diaryl/α,β-unsaturated/α-hetero) is 1. The van der Waals surface area contributed by atoms with Crippen LogP contribution in [0, 0.1) is 0 Å². The van der Waals surface area contributed by atoms with Crippen LogP contribution in [-0.2, 0) is 19.4 Å². The maximum absolute atomic E-state index is 13.1. The van der Waals surface area contributed by atoms with Crippen molar-refractivity contribution in [3.63, 3.8) is 0 Å². The molecule has 3 aromatic rings. The average molecular weight is 413 g/mol. The van der Waals surface area contributed by atoms with Gasteiger partial charge in [0.25, 0.3) is 5.56 Å². The van der Waals surface area contributed by atoms with E-state index in [0.717, 1.165) is 35.0 Å². The van der Waals surface area contributed by atoms with Crippen LogP contribution in [0.2, 0.25) is 0 Å². The molecular weight excluding hydrogens is 392 g/mol. The molecule has 0 bridgehead atoms. The first kappa shape index (κ1) is 19.0. The van der Waals surface area contributed by atoms with Crippen LogP contribution in [0.4, 0.5) is 0 Å². The summed E-state index contributed by atoms with van der Waals surface area (Å²) in [5.41, 5.74) is 1.67. The number of ketones is 1. The van der Waals surface area contributed by atoms with E-state index in [2.05, 4.69) is 6.58 Å². The van der Waals surface area contributed by atoms with Crippen molar-refractivity contribution in [3.8, 4) is 5.75 Å². The third kappa shape index (κ3) is 3.29. The highest BCUT2D eigenvalue weighted by atomic mass is 32.2. The van der Waals surface area contributed by atoms with Gasteiger partial charge in [0.15, 0.2) is 10.9 Å². The Bertz CT molecular complexity index is 1130. The lowest BCUT2D eigenvalue weighted by atomic mass is 10.1. The van der Waals surface area contributed by atoms with E-state index < -0.39 is 0 Å². The minimum atomic E-state index is -0.0596. The second-order valence-corrected chi connectivity index (χ2v) is 8.57. The summed E-state index contributed by atoms with van der Waals surface area (Å²) in [6.45, 7) is 4.14. The topological polar surface area (TPSA) is 61.2 Å². The van der Waals surface area contributed by atoms with Gasteiger partial charge in [-0.1, -0.05) is 30.0 Å². The molecule has 5 nitrogen and oxygen atoms in total. The van der Waals surface area contributed by atoms with Gasteiger partial charge in [0.1, 0.15) is 10.6 Å². The van der Waals surface area contributed by atoms with Gasteiger partial charge >= 0.3 is 0 Å². The highest BCUT2D eigenvalue weighted by molar-refractivity contribution is 7.99. The van der Waals surface area contributed by atoms with Gasteiger partial charge in [0.2, 0.25) is 0 Å². The van der Waals surface area contributed by atoms with Crippen molar-refractivity contribution >= 4 is 39.1 Å². The predicted molar refractivity (Wildman–Crippen MR) is 114 cm³/mol. The van der Waals surface area contributed by atoms with Crippen molar-refractivity contribution < 1.29 is 9.53 Å². The fraction of sp³-hybridized carbons (Fsp3) is 0.286. The maximum Gasteiger partial charge on any atom is 0.263 e. The third-order valence-electron chi connectivity index (χ3n) is 4.84. The number of carbonyl (C=O) groups is 1. The fourth-order valence-electron chi connectivity index (χ4n) is 3.54. The van der Waals surface area contributed by atoms with Gasteiger partial charge in [-0.15, -0.1) is 17.9 Å². The van der Waals surface area contributed by atoms with Crippen LogP contribution in [0.5, 0.6) is 5.75 Å². The first-order chi connectivity index (χ1) is 13.6. The van der Waals surface area contributed by atoms with E-state index in [1.165, 1.54) is 16.6 Å². The summed E-state index contributed by atoms with van der Waals surface area (Å²) in [4.78, 5) is 32.6. The lowest BCUT2D eigenvalue weighted by Crippen LogP contribution is -2.23. The number of benzene rings is 1. The molecule has 0 radical (unpaired) electrons. The van der Waals surface area contributed by atoms with Gasteiger partial charge in [0.05, 0.1) is 23.8 Å². The number of nitrogens with zero attached hydrogens (tertiary/aromatic N) is 2. The van der Waals surface area contributed by atoms with Crippen molar-refractivity contribution in [2.75, 3.05) is 12.9 Å². The molecule has 28 heavy (non-hydrogen) atoms. The number of aromatic nitrogens is 2. The Morgan fingerprint density at radius 3 is 3.00 bits per heavy atom. The monoisotopic (exact) mass is 412 g/mol. The second kappa shape index (κ2) is 7.93. The van der Waals surface area contributed by atoms with E-state index in [0.29, 0.717) is 23.0 Å². The molecule has 0 amide bonds. The van der Waals surface area contributed by atoms with Crippen molar-refractivity contribution in [3.05, 3.63) is 63.3 Å². The number of ether oxygens (including phenoxy) is 1. The standard InChI is InChI=1S/C21H20N2O3S2/c1-3-11-23-20(25)18-14-8-6-10-17(14)28-19(18)22-21(23)27-12-15(24)13-7-4-5-9-16(13)26-2/h3-5,7,9H,1,6,8,10-12H2,2H3. The molecule has 0 saturated heterocycles. The van der Waals surface area contributed by atoms with E-state index in [1.54, 1.807) is 41.2 Å². The van der Waals surface area contributed by atoms with Crippen LogP contribution in [0.3, 0.4) is 0 Å². The van der Waals surface area contributed by atoms with Crippen LogP contribution in [-0.4, -0.2) is 28.2 Å². The van der Waals surface area contributed by atoms with Gasteiger partial charge in [-0.3, -0.25) is 14.2 Å². The normalized spacial score (nSPS) is 12.9. The number of thiophene rings is 1. The van der Waals surface area contributed by atoms with E-state index in [4.69, 9.17) is 9.72 Å². The molecule has 1 aliphatic carbocycles. The summed E-state index contributed by atoms with van der Waals surface area (Å²) in [6, 6.07) is 7.16. The van der Waals surface area contributed by atoms with Gasteiger partial charge in [-0.05, 0) is 37.0 Å². The number of para-hydroxylation sites is 1. The second-order valence-electron chi connectivity index (χ2n) is 6.55. The van der Waals surface area contributed by atoms with Gasteiger partial charge in [-0.25, -0.2) is 4.98 Å². The number of aryl methyl sites for hydroxylation is 2. The van der Waals surface area contributed by atoms with Crippen molar-refractivity contribution in [1.82, 2.24) is 9.55 Å². The molecule has 0 N–H and O–H groups in total. The average Bonchev–Trinajstić information content (AvgIpc) is 3.29. The lowest BCUT2D eigenvalue weighted by Gasteiger charge is -2.11. The SMILES string of the molecule is C=CCn1c(SCC(=O)c2ccccc2OC)nc2sc3c(c2c1=O)CCC3. The summed E-state index contributed by atoms with van der Waals surface area (Å²) >= 11 is 2.89. The first-order valence-electron chi connectivity index (χ1n) is 9.09. The minimum Gasteiger partial charge on any atom is -0.496 e. The van der Waals surface area contributed by atoms with Gasteiger partial charge in [-0.2, -0.15) is 0 Å². The highest BCUT2D eigenvalue weighted by Gasteiger charge is 2.23. The number of allylic oxidation sites excluding steroid dienone is 1. The van der Waals surface area contributed by atoms with E-state index >= 15 is 0 Å². The lowest BCUT2D eigenvalue weighted by molar-refractivity contribution is 0.101. The Labute approximate surface area is 171 Å². The Kier molecular flexibility index (Phi) is 5.37. The summed E-state index contributed by atoms with van der Waals surface area (Å²) in [7, 11) is 1.55. The number of methoxy groups -OCH3 is 1. The summed E-state index contributed by atoms with van der Waals surface area (Å²) in [6.07, 6.45) is 4.75. The molecule has 1 aliphatic rings.